The quantitative estimate of drug-likeness (QED) is 0.825. The van der Waals surface area contributed by atoms with E-state index in [4.69, 9.17) is 9.26 Å². The number of aromatic nitrogens is 4. The van der Waals surface area contributed by atoms with E-state index < -0.39 is 0 Å². The first-order valence-corrected chi connectivity index (χ1v) is 7.24. The summed E-state index contributed by atoms with van der Waals surface area (Å²) in [6, 6.07) is 3.91. The van der Waals surface area contributed by atoms with Crippen molar-refractivity contribution in [3.63, 3.8) is 0 Å². The maximum Gasteiger partial charge on any atom is 0.233 e. The monoisotopic (exact) mass is 289 g/mol. The van der Waals surface area contributed by atoms with Gasteiger partial charge in [-0.2, -0.15) is 4.98 Å². The van der Waals surface area contributed by atoms with Crippen molar-refractivity contribution in [3.05, 3.63) is 18.0 Å². The van der Waals surface area contributed by atoms with Gasteiger partial charge in [-0.15, -0.1) is 10.2 Å². The molecule has 1 N–H and O–H groups in total. The second-order valence-electron chi connectivity index (χ2n) is 5.18. The molecule has 1 atom stereocenters. The average Bonchev–Trinajstić information content (AvgIpc) is 3.27. The zero-order valence-electron chi connectivity index (χ0n) is 12.2. The molecule has 21 heavy (non-hydrogen) atoms. The summed E-state index contributed by atoms with van der Waals surface area (Å²) in [5.74, 6) is 2.30. The summed E-state index contributed by atoms with van der Waals surface area (Å²) in [7, 11) is 1.55. The molecule has 0 amide bonds. The summed E-state index contributed by atoms with van der Waals surface area (Å²) in [5, 5.41) is 15.4. The minimum Gasteiger partial charge on any atom is -0.480 e. The second-order valence-corrected chi connectivity index (χ2v) is 5.18. The molecule has 1 saturated carbocycles. The molecule has 0 aromatic carbocycles. The van der Waals surface area contributed by atoms with Crippen molar-refractivity contribution in [2.75, 3.05) is 13.7 Å². The van der Waals surface area contributed by atoms with Crippen molar-refractivity contribution in [1.29, 1.82) is 0 Å². The topological polar surface area (TPSA) is 86.0 Å². The van der Waals surface area contributed by atoms with Gasteiger partial charge < -0.3 is 14.6 Å². The minimum absolute atomic E-state index is 0.422. The highest BCUT2D eigenvalue weighted by atomic mass is 16.5. The van der Waals surface area contributed by atoms with E-state index in [1.54, 1.807) is 19.2 Å². The van der Waals surface area contributed by atoms with Crippen LogP contribution in [-0.2, 0) is 6.42 Å². The number of rotatable bonds is 7. The lowest BCUT2D eigenvalue weighted by molar-refractivity contribution is 0.348. The summed E-state index contributed by atoms with van der Waals surface area (Å²) < 4.78 is 10.3. The highest BCUT2D eigenvalue weighted by Gasteiger charge is 2.32. The molecule has 1 fully saturated rings. The van der Waals surface area contributed by atoms with Crippen LogP contribution in [-0.4, -0.2) is 40.0 Å². The summed E-state index contributed by atoms with van der Waals surface area (Å²) in [6.45, 7) is 3.06. The van der Waals surface area contributed by atoms with Crippen molar-refractivity contribution >= 4 is 0 Å². The third-order valence-corrected chi connectivity index (χ3v) is 3.60. The van der Waals surface area contributed by atoms with Gasteiger partial charge in [0.2, 0.25) is 17.6 Å². The Morgan fingerprint density at radius 2 is 2.24 bits per heavy atom. The highest BCUT2D eigenvalue weighted by molar-refractivity contribution is 5.47. The van der Waals surface area contributed by atoms with Crippen molar-refractivity contribution < 1.29 is 9.26 Å². The third kappa shape index (κ3) is 3.36. The van der Waals surface area contributed by atoms with Crippen LogP contribution in [0.3, 0.4) is 0 Å². The van der Waals surface area contributed by atoms with Crippen molar-refractivity contribution in [1.82, 2.24) is 25.7 Å². The van der Waals surface area contributed by atoms with Crippen LogP contribution in [0.2, 0.25) is 0 Å². The van der Waals surface area contributed by atoms with Crippen molar-refractivity contribution in [2.24, 2.45) is 5.92 Å². The Bertz CT molecular complexity index is 579. The van der Waals surface area contributed by atoms with E-state index >= 15 is 0 Å². The normalized spacial score (nSPS) is 15.9. The van der Waals surface area contributed by atoms with Gasteiger partial charge >= 0.3 is 0 Å². The van der Waals surface area contributed by atoms with Crippen molar-refractivity contribution in [2.45, 2.75) is 32.2 Å². The first kappa shape index (κ1) is 13.9. The molecule has 2 aromatic heterocycles. The smallest absolute Gasteiger partial charge is 0.233 e. The first-order chi connectivity index (χ1) is 10.3. The lowest BCUT2D eigenvalue weighted by atomic mass is 10.1. The Labute approximate surface area is 123 Å². The van der Waals surface area contributed by atoms with Crippen LogP contribution >= 0.6 is 0 Å². The van der Waals surface area contributed by atoms with Crippen LogP contribution in [0, 0.1) is 5.92 Å². The SMILES string of the molecule is CCNC(Cc1nc(-c2ccc(OC)nn2)no1)C1CC1. The number of methoxy groups -OCH3 is 1. The molecule has 3 rings (SSSR count). The van der Waals surface area contributed by atoms with E-state index in [2.05, 4.69) is 32.6 Å². The van der Waals surface area contributed by atoms with Crippen LogP contribution in [0.15, 0.2) is 16.7 Å². The predicted octanol–water partition coefficient (Wildman–Crippen LogP) is 1.47. The number of hydrogen-bond donors (Lipinski definition) is 1. The van der Waals surface area contributed by atoms with Gasteiger partial charge in [-0.1, -0.05) is 12.1 Å². The summed E-state index contributed by atoms with van der Waals surface area (Å²) in [5.41, 5.74) is 0.581. The van der Waals surface area contributed by atoms with Gasteiger partial charge in [0.05, 0.1) is 7.11 Å². The number of likely N-dealkylation sites (N-methyl/N-ethyl adjacent to an activating group) is 1. The predicted molar refractivity (Wildman–Crippen MR) is 75.8 cm³/mol. The number of nitrogens with zero attached hydrogens (tertiary/aromatic N) is 4. The number of ether oxygens (including phenoxy) is 1. The lowest BCUT2D eigenvalue weighted by Gasteiger charge is -2.14. The Balaban J connectivity index is 1.69. The second kappa shape index (κ2) is 6.17. The summed E-state index contributed by atoms with van der Waals surface area (Å²) >= 11 is 0. The maximum absolute atomic E-state index is 5.33. The molecule has 2 aromatic rings. The molecule has 1 unspecified atom stereocenters. The fraction of sp³-hybridized carbons (Fsp3) is 0.571. The molecule has 1 aliphatic rings. The zero-order valence-corrected chi connectivity index (χ0v) is 12.2. The van der Waals surface area contributed by atoms with Gasteiger partial charge in [-0.05, 0) is 31.4 Å². The zero-order chi connectivity index (χ0) is 14.7. The molecule has 0 radical (unpaired) electrons. The van der Waals surface area contributed by atoms with Crippen LogP contribution in [0.25, 0.3) is 11.5 Å². The Kier molecular flexibility index (Phi) is 4.10. The molecule has 0 spiro atoms. The van der Waals surface area contributed by atoms with Gasteiger partial charge in [-0.3, -0.25) is 0 Å². The summed E-state index contributed by atoms with van der Waals surface area (Å²) in [6.07, 6.45) is 3.32. The first-order valence-electron chi connectivity index (χ1n) is 7.24. The number of hydrogen-bond acceptors (Lipinski definition) is 7. The number of nitrogens with one attached hydrogen (secondary N) is 1. The Hall–Kier alpha value is -2.02. The van der Waals surface area contributed by atoms with Gasteiger partial charge in [-0.25, -0.2) is 0 Å². The molecule has 0 aliphatic heterocycles. The van der Waals surface area contributed by atoms with Crippen LogP contribution in [0.4, 0.5) is 0 Å². The van der Waals surface area contributed by atoms with E-state index in [9.17, 15) is 0 Å². The molecule has 7 nitrogen and oxygen atoms in total. The molecule has 0 saturated heterocycles. The van der Waals surface area contributed by atoms with E-state index in [-0.39, 0.29) is 0 Å². The lowest BCUT2D eigenvalue weighted by Crippen LogP contribution is -2.33. The van der Waals surface area contributed by atoms with Gasteiger partial charge in [0, 0.05) is 18.5 Å². The van der Waals surface area contributed by atoms with Gasteiger partial charge in [0.25, 0.3) is 0 Å². The molecule has 7 heteroatoms. The highest BCUT2D eigenvalue weighted by Crippen LogP contribution is 2.34. The van der Waals surface area contributed by atoms with E-state index in [1.807, 2.05) is 0 Å². The van der Waals surface area contributed by atoms with Crippen molar-refractivity contribution in [3.8, 4) is 17.4 Å². The Morgan fingerprint density at radius 3 is 2.86 bits per heavy atom. The summed E-state index contributed by atoms with van der Waals surface area (Å²) in [4.78, 5) is 4.41. The molecule has 2 heterocycles. The molecular formula is C14H19N5O2. The van der Waals surface area contributed by atoms with Crippen LogP contribution in [0.1, 0.15) is 25.7 Å². The fourth-order valence-corrected chi connectivity index (χ4v) is 2.34. The van der Waals surface area contributed by atoms with E-state index in [0.29, 0.717) is 29.3 Å². The third-order valence-electron chi connectivity index (χ3n) is 3.60. The largest absolute Gasteiger partial charge is 0.480 e. The molecule has 1 aliphatic carbocycles. The average molecular weight is 289 g/mol. The van der Waals surface area contributed by atoms with Gasteiger partial charge in [0.1, 0.15) is 5.69 Å². The molecule has 0 bridgehead atoms. The maximum atomic E-state index is 5.33. The fourth-order valence-electron chi connectivity index (χ4n) is 2.34. The van der Waals surface area contributed by atoms with Crippen LogP contribution < -0.4 is 10.1 Å². The van der Waals surface area contributed by atoms with Gasteiger partial charge in [0.15, 0.2) is 0 Å². The Morgan fingerprint density at radius 1 is 1.38 bits per heavy atom. The standard InChI is InChI=1S/C14H19N5O2/c1-3-15-11(9-4-5-9)8-13-16-14(19-21-13)10-6-7-12(20-2)18-17-10/h6-7,9,11,15H,3-5,8H2,1-2H3. The van der Waals surface area contributed by atoms with E-state index in [1.165, 1.54) is 12.8 Å². The van der Waals surface area contributed by atoms with E-state index in [0.717, 1.165) is 18.9 Å². The van der Waals surface area contributed by atoms with Crippen LogP contribution in [0.5, 0.6) is 5.88 Å². The minimum atomic E-state index is 0.422. The molecule has 112 valence electrons. The molecular weight excluding hydrogens is 270 g/mol.